The predicted molar refractivity (Wildman–Crippen MR) is 104 cm³/mol. The van der Waals surface area contributed by atoms with Crippen molar-refractivity contribution >= 4 is 31.9 Å². The molecule has 1 N–H and O–H groups in total. The van der Waals surface area contributed by atoms with Crippen LogP contribution in [0.25, 0.3) is 0 Å². The minimum Gasteiger partial charge on any atom is -0.348 e. The molecule has 2 atom stereocenters. The average molecular weight is 455 g/mol. The quantitative estimate of drug-likeness (QED) is 0.749. The maximum Gasteiger partial charge on any atom is 0.243 e. The first-order valence-corrected chi connectivity index (χ1v) is 10.9. The van der Waals surface area contributed by atoms with E-state index in [1.807, 2.05) is 31.2 Å². The normalized spacial score (nSPS) is 19.0. The number of sulfonamides is 1. The van der Waals surface area contributed by atoms with Crippen molar-refractivity contribution in [3.8, 4) is 0 Å². The molecule has 1 saturated heterocycles. The lowest BCUT2D eigenvalue weighted by Gasteiger charge is -2.25. The zero-order valence-corrected chi connectivity index (χ0v) is 17.1. The third-order valence-electron chi connectivity index (χ3n) is 4.66. The molecule has 0 bridgehead atoms. The van der Waals surface area contributed by atoms with E-state index >= 15 is 0 Å². The van der Waals surface area contributed by atoms with E-state index in [4.69, 9.17) is 0 Å². The Kier molecular flexibility index (Phi) is 5.98. The van der Waals surface area contributed by atoms with Gasteiger partial charge in [0.15, 0.2) is 0 Å². The van der Waals surface area contributed by atoms with Crippen molar-refractivity contribution in [3.63, 3.8) is 0 Å². The van der Waals surface area contributed by atoms with Crippen LogP contribution in [-0.2, 0) is 14.8 Å². The first-order chi connectivity index (χ1) is 12.8. The number of hydrogen-bond acceptors (Lipinski definition) is 3. The molecule has 1 aliphatic rings. The molecule has 0 radical (unpaired) electrons. The number of rotatable bonds is 5. The number of nitrogens with zero attached hydrogens (tertiary/aromatic N) is 1. The molecule has 0 aliphatic carbocycles. The van der Waals surface area contributed by atoms with Gasteiger partial charge in [0.2, 0.25) is 15.9 Å². The standard InChI is InChI=1S/C19H20BrFN2O3S/c1-13(16-5-2-3-6-17(16)20)22-19(24)18-7-4-12-23(18)27(25,26)15-10-8-14(21)9-11-15/h2-3,5-6,8-11,13,18H,4,7,12H2,1H3,(H,22,24)/t13-,18+/m0/s1. The summed E-state index contributed by atoms with van der Waals surface area (Å²) in [6.45, 7) is 2.12. The lowest BCUT2D eigenvalue weighted by Crippen LogP contribution is -2.46. The van der Waals surface area contributed by atoms with Gasteiger partial charge < -0.3 is 5.32 Å². The summed E-state index contributed by atoms with van der Waals surface area (Å²) in [5.74, 6) is -0.839. The zero-order valence-electron chi connectivity index (χ0n) is 14.7. The second-order valence-corrected chi connectivity index (χ2v) is 9.22. The topological polar surface area (TPSA) is 66.5 Å². The van der Waals surface area contributed by atoms with E-state index in [0.29, 0.717) is 12.8 Å². The van der Waals surface area contributed by atoms with Crippen LogP contribution in [-0.4, -0.2) is 31.2 Å². The highest BCUT2D eigenvalue weighted by atomic mass is 79.9. The fraction of sp³-hybridized carbons (Fsp3) is 0.316. The number of benzene rings is 2. The van der Waals surface area contributed by atoms with E-state index in [1.165, 1.54) is 16.4 Å². The summed E-state index contributed by atoms with van der Waals surface area (Å²) in [6.07, 6.45) is 1.05. The van der Waals surface area contributed by atoms with Crippen molar-refractivity contribution in [2.24, 2.45) is 0 Å². The highest BCUT2D eigenvalue weighted by molar-refractivity contribution is 9.10. The summed E-state index contributed by atoms with van der Waals surface area (Å²) in [5, 5.41) is 2.91. The first kappa shape index (κ1) is 20.0. The minimum absolute atomic E-state index is 0.0116. The Morgan fingerprint density at radius 1 is 1.22 bits per heavy atom. The molecule has 27 heavy (non-hydrogen) atoms. The Hall–Kier alpha value is -1.77. The molecule has 1 heterocycles. The summed E-state index contributed by atoms with van der Waals surface area (Å²) in [7, 11) is -3.86. The third kappa shape index (κ3) is 4.23. The van der Waals surface area contributed by atoms with Crippen molar-refractivity contribution in [3.05, 3.63) is 64.4 Å². The van der Waals surface area contributed by atoms with Crippen LogP contribution in [0, 0.1) is 5.82 Å². The van der Waals surface area contributed by atoms with Crippen molar-refractivity contribution in [1.29, 1.82) is 0 Å². The molecule has 2 aromatic carbocycles. The molecule has 1 fully saturated rings. The number of carbonyl (C=O) groups excluding carboxylic acids is 1. The molecule has 8 heteroatoms. The Labute approximate surface area is 166 Å². The largest absolute Gasteiger partial charge is 0.348 e. The van der Waals surface area contributed by atoms with Gasteiger partial charge in [0.25, 0.3) is 0 Å². The van der Waals surface area contributed by atoms with Gasteiger partial charge >= 0.3 is 0 Å². The maximum atomic E-state index is 13.1. The molecule has 0 spiro atoms. The molecule has 3 rings (SSSR count). The molecule has 144 valence electrons. The average Bonchev–Trinajstić information content (AvgIpc) is 3.13. The lowest BCUT2D eigenvalue weighted by molar-refractivity contribution is -0.124. The van der Waals surface area contributed by atoms with Crippen LogP contribution in [0.2, 0.25) is 0 Å². The second kappa shape index (κ2) is 8.08. The third-order valence-corrected chi connectivity index (χ3v) is 7.30. The van der Waals surface area contributed by atoms with Gasteiger partial charge in [-0.3, -0.25) is 4.79 Å². The van der Waals surface area contributed by atoms with E-state index in [9.17, 15) is 17.6 Å². The first-order valence-electron chi connectivity index (χ1n) is 8.63. The van der Waals surface area contributed by atoms with Gasteiger partial charge in [0.1, 0.15) is 11.9 Å². The van der Waals surface area contributed by atoms with Crippen molar-refractivity contribution < 1.29 is 17.6 Å². The highest BCUT2D eigenvalue weighted by Gasteiger charge is 2.39. The van der Waals surface area contributed by atoms with E-state index in [2.05, 4.69) is 21.2 Å². The number of amides is 1. The minimum atomic E-state index is -3.86. The summed E-state index contributed by atoms with van der Waals surface area (Å²) < 4.78 is 41.0. The molecule has 1 amide bonds. The molecular formula is C19H20BrFN2O3S. The number of hydrogen-bond donors (Lipinski definition) is 1. The number of nitrogens with one attached hydrogen (secondary N) is 1. The molecule has 2 aromatic rings. The van der Waals surface area contributed by atoms with Crippen LogP contribution in [0.15, 0.2) is 57.9 Å². The molecular weight excluding hydrogens is 435 g/mol. The lowest BCUT2D eigenvalue weighted by atomic mass is 10.1. The van der Waals surface area contributed by atoms with Crippen molar-refractivity contribution in [2.45, 2.75) is 36.7 Å². The van der Waals surface area contributed by atoms with Gasteiger partial charge in [-0.1, -0.05) is 34.1 Å². The van der Waals surface area contributed by atoms with Gasteiger partial charge in [0, 0.05) is 11.0 Å². The summed E-state index contributed by atoms with van der Waals surface area (Å²) in [4.78, 5) is 12.8. The monoisotopic (exact) mass is 454 g/mol. The van der Waals surface area contributed by atoms with E-state index in [0.717, 1.165) is 22.2 Å². The Bertz CT molecular complexity index is 934. The van der Waals surface area contributed by atoms with Crippen LogP contribution in [0.4, 0.5) is 4.39 Å². The Morgan fingerprint density at radius 2 is 1.89 bits per heavy atom. The van der Waals surface area contributed by atoms with E-state index in [1.54, 1.807) is 0 Å². The summed E-state index contributed by atoms with van der Waals surface area (Å²) in [5.41, 5.74) is 0.914. The zero-order chi connectivity index (χ0) is 19.6. The van der Waals surface area contributed by atoms with E-state index in [-0.39, 0.29) is 23.4 Å². The second-order valence-electron chi connectivity index (χ2n) is 6.48. The number of carbonyl (C=O) groups is 1. The Morgan fingerprint density at radius 3 is 2.56 bits per heavy atom. The molecule has 1 aliphatic heterocycles. The molecule has 5 nitrogen and oxygen atoms in total. The van der Waals surface area contributed by atoms with Gasteiger partial charge in [-0.05, 0) is 55.7 Å². The van der Waals surface area contributed by atoms with Gasteiger partial charge in [-0.25, -0.2) is 12.8 Å². The summed E-state index contributed by atoms with van der Waals surface area (Å²) in [6, 6.07) is 11.2. The van der Waals surface area contributed by atoms with Crippen LogP contribution in [0.1, 0.15) is 31.4 Å². The van der Waals surface area contributed by atoms with Crippen LogP contribution >= 0.6 is 15.9 Å². The van der Waals surface area contributed by atoms with Gasteiger partial charge in [0.05, 0.1) is 10.9 Å². The van der Waals surface area contributed by atoms with Crippen LogP contribution in [0.5, 0.6) is 0 Å². The Balaban J connectivity index is 1.78. The van der Waals surface area contributed by atoms with Gasteiger partial charge in [-0.15, -0.1) is 0 Å². The fourth-order valence-corrected chi connectivity index (χ4v) is 5.53. The molecule has 0 unspecified atom stereocenters. The van der Waals surface area contributed by atoms with Crippen molar-refractivity contribution in [2.75, 3.05) is 6.54 Å². The predicted octanol–water partition coefficient (Wildman–Crippen LogP) is 3.62. The number of halogens is 2. The highest BCUT2D eigenvalue weighted by Crippen LogP contribution is 2.28. The van der Waals surface area contributed by atoms with Crippen LogP contribution < -0.4 is 5.32 Å². The summed E-state index contributed by atoms with van der Waals surface area (Å²) >= 11 is 3.46. The van der Waals surface area contributed by atoms with Gasteiger partial charge in [-0.2, -0.15) is 4.31 Å². The van der Waals surface area contributed by atoms with Crippen molar-refractivity contribution in [1.82, 2.24) is 9.62 Å². The molecule has 0 saturated carbocycles. The smallest absolute Gasteiger partial charge is 0.243 e. The SMILES string of the molecule is C[C@H](NC(=O)[C@H]1CCCN1S(=O)(=O)c1ccc(F)cc1)c1ccccc1Br. The fourth-order valence-electron chi connectivity index (χ4n) is 3.25. The maximum absolute atomic E-state index is 13.1. The van der Waals surface area contributed by atoms with E-state index < -0.39 is 21.9 Å². The molecule has 0 aromatic heterocycles. The van der Waals surface area contributed by atoms with Crippen LogP contribution in [0.3, 0.4) is 0 Å².